The number of likely N-dealkylation sites (N-methyl/N-ethyl adjacent to an activating group) is 1. The molecule has 8 nitrogen and oxygen atoms in total. The largest absolute Gasteiger partial charge is 0.444 e. The fraction of sp³-hybridized carbons (Fsp3) is 0.500. The zero-order valence-electron chi connectivity index (χ0n) is 23.7. The van der Waals surface area contributed by atoms with E-state index in [1.165, 1.54) is 41.3 Å². The highest BCUT2D eigenvalue weighted by Gasteiger charge is 2.43. The van der Waals surface area contributed by atoms with Gasteiger partial charge in [-0.15, -0.1) is 0 Å². The molecule has 222 valence electrons. The van der Waals surface area contributed by atoms with Crippen LogP contribution in [0.25, 0.3) is 0 Å². The average Bonchev–Trinajstić information content (AvgIpc) is 3.35. The van der Waals surface area contributed by atoms with E-state index >= 15 is 0 Å². The van der Waals surface area contributed by atoms with Gasteiger partial charge in [-0.2, -0.15) is 0 Å². The van der Waals surface area contributed by atoms with Crippen LogP contribution in [0, 0.1) is 17.6 Å². The third-order valence-corrected chi connectivity index (χ3v) is 7.77. The summed E-state index contributed by atoms with van der Waals surface area (Å²) < 4.78 is 38.8. The Balaban J connectivity index is 1.50. The molecule has 4 rings (SSSR count). The molecule has 11 heteroatoms. The van der Waals surface area contributed by atoms with Crippen LogP contribution in [0.5, 0.6) is 5.75 Å². The summed E-state index contributed by atoms with van der Waals surface area (Å²) in [5.74, 6) is -1.61. The molecule has 0 spiro atoms. The van der Waals surface area contributed by atoms with Crippen molar-refractivity contribution in [3.05, 3.63) is 64.7 Å². The lowest BCUT2D eigenvalue weighted by Gasteiger charge is -2.34. The Labute approximate surface area is 244 Å². The van der Waals surface area contributed by atoms with Crippen molar-refractivity contribution in [1.82, 2.24) is 14.7 Å². The van der Waals surface area contributed by atoms with E-state index in [0.29, 0.717) is 31.5 Å². The Morgan fingerprint density at radius 2 is 1.66 bits per heavy atom. The molecule has 0 N–H and O–H groups in total. The lowest BCUT2D eigenvalue weighted by molar-refractivity contribution is -0.136. The number of carbonyl (C=O) groups excluding carboxylic acids is 3. The number of carbonyl (C=O) groups is 3. The summed E-state index contributed by atoms with van der Waals surface area (Å²) in [6.07, 6.45) is -0.0658. The smallest absolute Gasteiger partial charge is 0.415 e. The number of halogens is 3. The molecule has 0 saturated carbocycles. The Bertz CT molecular complexity index is 1260. The predicted octanol–water partition coefficient (Wildman–Crippen LogP) is 6.08. The summed E-state index contributed by atoms with van der Waals surface area (Å²) in [5.41, 5.74) is 0.00739. The highest BCUT2D eigenvalue weighted by molar-refractivity contribution is 6.30. The van der Waals surface area contributed by atoms with E-state index in [2.05, 4.69) is 0 Å². The molecule has 3 amide bonds. The van der Waals surface area contributed by atoms with Crippen molar-refractivity contribution >= 4 is 29.7 Å². The fourth-order valence-electron chi connectivity index (χ4n) is 5.41. The molecule has 2 aliphatic rings. The number of amides is 3. The average molecular weight is 592 g/mol. The topological polar surface area (TPSA) is 79.4 Å². The molecule has 2 fully saturated rings. The van der Waals surface area contributed by atoms with Gasteiger partial charge in [0, 0.05) is 44.6 Å². The number of rotatable bonds is 5. The van der Waals surface area contributed by atoms with Gasteiger partial charge >= 0.3 is 12.2 Å². The Hall–Kier alpha value is -3.40. The van der Waals surface area contributed by atoms with Crippen molar-refractivity contribution in [1.29, 1.82) is 0 Å². The molecule has 2 aromatic carbocycles. The molecular weight excluding hydrogens is 556 g/mol. The first-order valence-corrected chi connectivity index (χ1v) is 14.2. The molecule has 2 heterocycles. The zero-order chi connectivity index (χ0) is 29.9. The molecule has 2 aliphatic heterocycles. The number of likely N-dealkylation sites (tertiary alicyclic amines) is 2. The molecule has 2 saturated heterocycles. The zero-order valence-corrected chi connectivity index (χ0v) is 24.5. The van der Waals surface area contributed by atoms with Gasteiger partial charge < -0.3 is 24.2 Å². The van der Waals surface area contributed by atoms with E-state index in [1.807, 2.05) is 20.8 Å². The predicted molar refractivity (Wildman–Crippen MR) is 150 cm³/mol. The third-order valence-electron chi connectivity index (χ3n) is 7.46. The maximum absolute atomic E-state index is 14.5. The van der Waals surface area contributed by atoms with E-state index in [-0.39, 0.29) is 42.2 Å². The summed E-state index contributed by atoms with van der Waals surface area (Å²) in [5, 5.41) is -0.0176. The number of nitrogens with zero attached hydrogens (tertiary/aromatic N) is 3. The van der Waals surface area contributed by atoms with Crippen LogP contribution in [0.2, 0.25) is 5.02 Å². The van der Waals surface area contributed by atoms with Crippen LogP contribution in [0.1, 0.15) is 52.0 Å². The highest BCUT2D eigenvalue weighted by Crippen LogP contribution is 2.35. The highest BCUT2D eigenvalue weighted by atomic mass is 35.5. The van der Waals surface area contributed by atoms with Crippen molar-refractivity contribution in [3.8, 4) is 5.75 Å². The maximum Gasteiger partial charge on any atom is 0.415 e. The van der Waals surface area contributed by atoms with Crippen LogP contribution in [0.4, 0.5) is 18.4 Å². The second-order valence-corrected chi connectivity index (χ2v) is 11.8. The Morgan fingerprint density at radius 1 is 1.00 bits per heavy atom. The normalized spacial score (nSPS) is 19.7. The van der Waals surface area contributed by atoms with E-state index in [9.17, 15) is 23.2 Å². The van der Waals surface area contributed by atoms with Gasteiger partial charge in [0.2, 0.25) is 5.91 Å². The van der Waals surface area contributed by atoms with Crippen LogP contribution in [0.15, 0.2) is 42.5 Å². The second-order valence-electron chi connectivity index (χ2n) is 11.4. The van der Waals surface area contributed by atoms with E-state index < -0.39 is 41.4 Å². The standard InChI is InChI=1S/C30H36ClF2N3O5/c1-5-36(29(39)40-22-9-7-21(32)8-10-22)26-18-35(17-23(26)20-6-11-24(31)25(33)16-20)27(37)19-12-14-34(15-13-19)28(38)41-30(2,3)4/h6-11,16,19,23,26H,5,12-15,17-18H2,1-4H3. The summed E-state index contributed by atoms with van der Waals surface area (Å²) in [4.78, 5) is 44.2. The Morgan fingerprint density at radius 3 is 2.24 bits per heavy atom. The van der Waals surface area contributed by atoms with Crippen LogP contribution in [-0.2, 0) is 9.53 Å². The second kappa shape index (κ2) is 12.6. The molecule has 0 aromatic heterocycles. The lowest BCUT2D eigenvalue weighted by Crippen LogP contribution is -2.47. The molecule has 0 bridgehead atoms. The molecule has 0 radical (unpaired) electrons. The minimum Gasteiger partial charge on any atom is -0.444 e. The van der Waals surface area contributed by atoms with Gasteiger partial charge in [-0.3, -0.25) is 4.79 Å². The lowest BCUT2D eigenvalue weighted by atomic mass is 9.93. The first-order valence-electron chi connectivity index (χ1n) is 13.8. The van der Waals surface area contributed by atoms with E-state index in [4.69, 9.17) is 21.1 Å². The number of piperidine rings is 1. The summed E-state index contributed by atoms with van der Waals surface area (Å²) in [6.45, 7) is 8.80. The molecule has 0 aliphatic carbocycles. The first-order chi connectivity index (χ1) is 19.4. The monoisotopic (exact) mass is 591 g/mol. The number of ether oxygens (including phenoxy) is 2. The van der Waals surface area contributed by atoms with Crippen molar-refractivity contribution in [3.63, 3.8) is 0 Å². The molecule has 2 aromatic rings. The number of hydrogen-bond donors (Lipinski definition) is 0. The number of benzene rings is 2. The molecular formula is C30H36ClF2N3O5. The summed E-state index contributed by atoms with van der Waals surface area (Å²) in [6, 6.07) is 9.13. The Kier molecular flexibility index (Phi) is 9.41. The van der Waals surface area contributed by atoms with Gasteiger partial charge in [-0.25, -0.2) is 18.4 Å². The third kappa shape index (κ3) is 7.47. The van der Waals surface area contributed by atoms with Crippen molar-refractivity contribution in [2.24, 2.45) is 5.92 Å². The fourth-order valence-corrected chi connectivity index (χ4v) is 5.53. The summed E-state index contributed by atoms with van der Waals surface area (Å²) in [7, 11) is 0. The van der Waals surface area contributed by atoms with Crippen LogP contribution >= 0.6 is 11.6 Å². The minimum atomic E-state index is -0.650. The van der Waals surface area contributed by atoms with Crippen LogP contribution in [-0.4, -0.2) is 77.2 Å². The van der Waals surface area contributed by atoms with Gasteiger partial charge in [0.25, 0.3) is 0 Å². The van der Waals surface area contributed by atoms with E-state index in [1.54, 1.807) is 22.8 Å². The van der Waals surface area contributed by atoms with Gasteiger partial charge in [0.15, 0.2) is 0 Å². The van der Waals surface area contributed by atoms with Crippen LogP contribution in [0.3, 0.4) is 0 Å². The van der Waals surface area contributed by atoms with Gasteiger partial charge in [0.05, 0.1) is 11.1 Å². The van der Waals surface area contributed by atoms with Gasteiger partial charge in [0.1, 0.15) is 23.0 Å². The first kappa shape index (κ1) is 30.6. The van der Waals surface area contributed by atoms with Crippen molar-refractivity contribution in [2.75, 3.05) is 32.7 Å². The molecule has 41 heavy (non-hydrogen) atoms. The summed E-state index contributed by atoms with van der Waals surface area (Å²) >= 11 is 5.93. The van der Waals surface area contributed by atoms with E-state index in [0.717, 1.165) is 0 Å². The van der Waals surface area contributed by atoms with Gasteiger partial charge in [-0.05, 0) is 82.5 Å². The molecule has 2 atom stereocenters. The van der Waals surface area contributed by atoms with Crippen molar-refractivity contribution in [2.45, 2.75) is 58.1 Å². The van der Waals surface area contributed by atoms with Crippen LogP contribution < -0.4 is 4.74 Å². The number of hydrogen-bond acceptors (Lipinski definition) is 5. The minimum absolute atomic E-state index is 0.0176. The quantitative estimate of drug-likeness (QED) is 0.421. The maximum atomic E-state index is 14.5. The molecule has 2 unspecified atom stereocenters. The van der Waals surface area contributed by atoms with Crippen molar-refractivity contribution < 1.29 is 32.6 Å². The van der Waals surface area contributed by atoms with Gasteiger partial charge in [-0.1, -0.05) is 17.7 Å². The SMILES string of the molecule is CCN(C(=O)Oc1ccc(F)cc1)C1CN(C(=O)C2CCN(C(=O)OC(C)(C)C)CC2)CC1c1ccc(Cl)c(F)c1.